The van der Waals surface area contributed by atoms with E-state index in [0.29, 0.717) is 6.67 Å². The Morgan fingerprint density at radius 1 is 1.18 bits per heavy atom. The molecule has 0 saturated carbocycles. The predicted octanol–water partition coefficient (Wildman–Crippen LogP) is 6.37. The van der Waals surface area contributed by atoms with Gasteiger partial charge < -0.3 is 10.2 Å². The number of anilines is 1. The molecule has 0 bridgehead atoms. The van der Waals surface area contributed by atoms with Gasteiger partial charge in [-0.2, -0.15) is 13.2 Å². The SMILES string of the molecule is C=Cc1cc(C)ccc1/C(C)=N/C=C\C=C\N(CCC)CNc1cc(C(F)(F)F)nc(C)n1. The van der Waals surface area contributed by atoms with Crippen molar-refractivity contribution in [1.29, 1.82) is 0 Å². The fourth-order valence-corrected chi connectivity index (χ4v) is 3.11. The molecule has 1 aromatic heterocycles. The number of benzene rings is 1. The van der Waals surface area contributed by atoms with E-state index in [2.05, 4.69) is 32.9 Å². The van der Waals surface area contributed by atoms with E-state index in [1.165, 1.54) is 6.92 Å². The highest BCUT2D eigenvalue weighted by Crippen LogP contribution is 2.28. The Morgan fingerprint density at radius 3 is 2.61 bits per heavy atom. The van der Waals surface area contributed by atoms with Gasteiger partial charge in [-0.15, -0.1) is 0 Å². The van der Waals surface area contributed by atoms with E-state index in [1.807, 2.05) is 62.2 Å². The zero-order valence-electron chi connectivity index (χ0n) is 19.4. The molecule has 0 atom stereocenters. The van der Waals surface area contributed by atoms with Crippen molar-refractivity contribution < 1.29 is 13.2 Å². The van der Waals surface area contributed by atoms with Crippen LogP contribution in [-0.4, -0.2) is 33.8 Å². The van der Waals surface area contributed by atoms with Crippen LogP contribution in [0.2, 0.25) is 0 Å². The molecular weight excluding hydrogens is 427 g/mol. The zero-order chi connectivity index (χ0) is 24.4. The maximum absolute atomic E-state index is 13.0. The van der Waals surface area contributed by atoms with Crippen molar-refractivity contribution >= 4 is 17.6 Å². The Kier molecular flexibility index (Phi) is 9.39. The monoisotopic (exact) mass is 457 g/mol. The largest absolute Gasteiger partial charge is 0.433 e. The number of halogens is 3. The van der Waals surface area contributed by atoms with E-state index in [1.54, 1.807) is 6.20 Å². The molecule has 5 nitrogen and oxygen atoms in total. The van der Waals surface area contributed by atoms with Crippen molar-refractivity contribution in [1.82, 2.24) is 14.9 Å². The molecule has 2 aromatic rings. The summed E-state index contributed by atoms with van der Waals surface area (Å²) < 4.78 is 38.9. The Hall–Kier alpha value is -3.42. The van der Waals surface area contributed by atoms with Gasteiger partial charge in [0, 0.05) is 36.3 Å². The first-order chi connectivity index (χ1) is 15.6. The van der Waals surface area contributed by atoms with Gasteiger partial charge in [-0.05, 0) is 44.9 Å². The van der Waals surface area contributed by atoms with Gasteiger partial charge in [-0.25, -0.2) is 9.97 Å². The third kappa shape index (κ3) is 8.21. The van der Waals surface area contributed by atoms with Gasteiger partial charge >= 0.3 is 6.18 Å². The van der Waals surface area contributed by atoms with Crippen LogP contribution in [-0.2, 0) is 6.18 Å². The van der Waals surface area contributed by atoms with Gasteiger partial charge in [0.15, 0.2) is 0 Å². The molecule has 33 heavy (non-hydrogen) atoms. The van der Waals surface area contributed by atoms with E-state index in [0.717, 1.165) is 41.4 Å². The highest BCUT2D eigenvalue weighted by Gasteiger charge is 2.33. The van der Waals surface area contributed by atoms with Crippen molar-refractivity contribution in [3.05, 3.63) is 83.6 Å². The van der Waals surface area contributed by atoms with Crippen molar-refractivity contribution in [2.24, 2.45) is 4.99 Å². The van der Waals surface area contributed by atoms with Crippen LogP contribution in [0.1, 0.15) is 48.5 Å². The molecule has 2 rings (SSSR count). The van der Waals surface area contributed by atoms with Crippen LogP contribution in [0.25, 0.3) is 6.08 Å². The van der Waals surface area contributed by atoms with Gasteiger partial charge in [0.25, 0.3) is 0 Å². The number of nitrogens with zero attached hydrogens (tertiary/aromatic N) is 4. The minimum atomic E-state index is -4.51. The highest BCUT2D eigenvalue weighted by atomic mass is 19.4. The lowest BCUT2D eigenvalue weighted by Crippen LogP contribution is -2.25. The molecule has 0 aliphatic heterocycles. The molecule has 8 heteroatoms. The average molecular weight is 458 g/mol. The first-order valence-electron chi connectivity index (χ1n) is 10.7. The molecule has 0 aliphatic carbocycles. The molecule has 176 valence electrons. The molecule has 0 amide bonds. The summed E-state index contributed by atoms with van der Waals surface area (Å²) in [5.74, 6) is 0.200. The number of hydrogen-bond acceptors (Lipinski definition) is 5. The molecule has 0 fully saturated rings. The smallest absolute Gasteiger partial charge is 0.360 e. The van der Waals surface area contributed by atoms with Crippen LogP contribution in [0, 0.1) is 13.8 Å². The minimum Gasteiger partial charge on any atom is -0.360 e. The van der Waals surface area contributed by atoms with Crippen LogP contribution >= 0.6 is 0 Å². The summed E-state index contributed by atoms with van der Waals surface area (Å²) in [6.45, 7) is 12.3. The summed E-state index contributed by atoms with van der Waals surface area (Å²) in [6, 6.07) is 7.05. The molecule has 0 spiro atoms. The molecule has 0 radical (unpaired) electrons. The fourth-order valence-electron chi connectivity index (χ4n) is 3.11. The van der Waals surface area contributed by atoms with Crippen LogP contribution in [0.3, 0.4) is 0 Å². The summed E-state index contributed by atoms with van der Waals surface area (Å²) in [6.07, 6.45) is 5.39. The van der Waals surface area contributed by atoms with Crippen LogP contribution in [0.5, 0.6) is 0 Å². The van der Waals surface area contributed by atoms with E-state index >= 15 is 0 Å². The number of hydrogen-bond donors (Lipinski definition) is 1. The van der Waals surface area contributed by atoms with Gasteiger partial charge in [-0.3, -0.25) is 4.99 Å². The molecule has 1 heterocycles. The average Bonchev–Trinajstić information content (AvgIpc) is 2.75. The Labute approximate surface area is 193 Å². The topological polar surface area (TPSA) is 53.4 Å². The van der Waals surface area contributed by atoms with E-state index in [-0.39, 0.29) is 11.6 Å². The van der Waals surface area contributed by atoms with Crippen molar-refractivity contribution in [3.8, 4) is 0 Å². The number of aromatic nitrogens is 2. The second-order valence-corrected chi connectivity index (χ2v) is 7.52. The quantitative estimate of drug-likeness (QED) is 0.256. The number of allylic oxidation sites excluding steroid dienone is 2. The standard InChI is InChI=1S/C25H30F3N5/c1-6-13-33(17-30-24-16-23(25(26,27)28)31-20(5)32-24)14-9-8-12-29-19(4)22-11-10-18(3)15-21(22)7-2/h7-12,14-16H,2,6,13,17H2,1,3-5H3,(H,30,31,32)/b12-8-,14-9+,29-19+. The number of alkyl halides is 3. The second-order valence-electron chi connectivity index (χ2n) is 7.52. The summed E-state index contributed by atoms with van der Waals surface area (Å²) in [7, 11) is 0. The Morgan fingerprint density at radius 2 is 1.94 bits per heavy atom. The number of aliphatic imine (C=N–C) groups is 1. The van der Waals surface area contributed by atoms with Crippen LogP contribution < -0.4 is 5.32 Å². The number of nitrogens with one attached hydrogen (secondary N) is 1. The lowest BCUT2D eigenvalue weighted by molar-refractivity contribution is -0.141. The fraction of sp³-hybridized carbons (Fsp3) is 0.320. The van der Waals surface area contributed by atoms with Crippen molar-refractivity contribution in [2.75, 3.05) is 18.5 Å². The summed E-state index contributed by atoms with van der Waals surface area (Å²) in [4.78, 5) is 13.9. The van der Waals surface area contributed by atoms with Gasteiger partial charge in [0.1, 0.15) is 17.3 Å². The molecular formula is C25H30F3N5. The normalized spacial score (nSPS) is 12.5. The lowest BCUT2D eigenvalue weighted by atomic mass is 10.0. The second kappa shape index (κ2) is 12.0. The molecule has 0 unspecified atom stereocenters. The predicted molar refractivity (Wildman–Crippen MR) is 129 cm³/mol. The maximum Gasteiger partial charge on any atom is 0.433 e. The Bertz CT molecular complexity index is 1040. The lowest BCUT2D eigenvalue weighted by Gasteiger charge is -2.20. The minimum absolute atomic E-state index is 0.0641. The number of rotatable bonds is 10. The summed E-state index contributed by atoms with van der Waals surface area (Å²) >= 11 is 0. The first kappa shape index (κ1) is 25.8. The third-order valence-electron chi connectivity index (χ3n) is 4.68. The van der Waals surface area contributed by atoms with Gasteiger partial charge in [0.2, 0.25) is 0 Å². The van der Waals surface area contributed by atoms with Crippen LogP contribution in [0.4, 0.5) is 19.0 Å². The van der Waals surface area contributed by atoms with Gasteiger partial charge in [0.05, 0.1) is 6.67 Å². The van der Waals surface area contributed by atoms with E-state index < -0.39 is 11.9 Å². The Balaban J connectivity index is 2.03. The van der Waals surface area contributed by atoms with Crippen molar-refractivity contribution in [3.63, 3.8) is 0 Å². The maximum atomic E-state index is 13.0. The first-order valence-corrected chi connectivity index (χ1v) is 10.7. The zero-order valence-corrected chi connectivity index (χ0v) is 19.4. The molecule has 0 saturated heterocycles. The molecule has 0 aliphatic rings. The third-order valence-corrected chi connectivity index (χ3v) is 4.68. The number of aryl methyl sites for hydroxylation is 2. The summed E-state index contributed by atoms with van der Waals surface area (Å²) in [5, 5.41) is 2.94. The molecule has 1 N–H and O–H groups in total. The van der Waals surface area contributed by atoms with Crippen LogP contribution in [0.15, 0.2) is 60.4 Å². The molecule has 1 aromatic carbocycles. The highest BCUT2D eigenvalue weighted by molar-refractivity contribution is 6.02. The van der Waals surface area contributed by atoms with E-state index in [4.69, 9.17) is 0 Å². The van der Waals surface area contributed by atoms with Crippen molar-refractivity contribution in [2.45, 2.75) is 40.3 Å². The van der Waals surface area contributed by atoms with Gasteiger partial charge in [-0.1, -0.05) is 43.3 Å². The summed E-state index contributed by atoms with van der Waals surface area (Å²) in [5.41, 5.74) is 3.14. The van der Waals surface area contributed by atoms with E-state index in [9.17, 15) is 13.2 Å².